The Hall–Kier alpha value is -2.26. The molecule has 0 spiro atoms. The highest BCUT2D eigenvalue weighted by atomic mass is 79.9. The third kappa shape index (κ3) is 3.09. The monoisotopic (exact) mass is 353 g/mol. The maximum absolute atomic E-state index is 12.0. The Balaban J connectivity index is 2.46. The number of rotatable bonds is 4. The molecule has 110 valence electrons. The molecule has 1 heterocycles. The van der Waals surface area contributed by atoms with Gasteiger partial charge in [-0.2, -0.15) is 0 Å². The van der Waals surface area contributed by atoms with Gasteiger partial charge in [-0.1, -0.05) is 6.07 Å². The Morgan fingerprint density at radius 1 is 1.52 bits per heavy atom. The minimum Gasteiger partial charge on any atom is -0.318 e. The third-order valence-electron chi connectivity index (χ3n) is 2.96. The van der Waals surface area contributed by atoms with E-state index in [0.717, 1.165) is 0 Å². The smallest absolute Gasteiger partial charge is 0.293 e. The summed E-state index contributed by atoms with van der Waals surface area (Å²) in [5, 5.41) is 11.0. The second-order valence-corrected chi connectivity index (χ2v) is 5.15. The summed E-state index contributed by atoms with van der Waals surface area (Å²) < 4.78 is 1.77. The molecule has 0 bridgehead atoms. The predicted octanol–water partition coefficient (Wildman–Crippen LogP) is 1.56. The highest BCUT2D eigenvalue weighted by molar-refractivity contribution is 9.10. The molecular formula is C12H12BrN5O3. The zero-order valence-electron chi connectivity index (χ0n) is 11.0. The summed E-state index contributed by atoms with van der Waals surface area (Å²) >= 11 is 3.12. The molecule has 0 aliphatic rings. The van der Waals surface area contributed by atoms with E-state index < -0.39 is 4.92 Å². The van der Waals surface area contributed by atoms with Crippen LogP contribution >= 0.6 is 15.9 Å². The number of anilines is 1. The van der Waals surface area contributed by atoms with E-state index in [9.17, 15) is 14.9 Å². The lowest BCUT2D eigenvalue weighted by molar-refractivity contribution is -0.384. The normalized spacial score (nSPS) is 10.4. The number of hydrogen-bond donors (Lipinski definition) is 2. The van der Waals surface area contributed by atoms with Crippen molar-refractivity contribution in [3.8, 4) is 0 Å². The standard InChI is InChI=1S/C12H12BrN5O3/c1-7-15-5-9(13)12(19)17(7)6-8-2-3-10(16-14)11(4-8)18(20)21/h2-5,16H,6,14H2,1H3. The van der Waals surface area contributed by atoms with Crippen molar-refractivity contribution in [1.82, 2.24) is 9.55 Å². The molecule has 0 fully saturated rings. The molecule has 0 saturated heterocycles. The van der Waals surface area contributed by atoms with Crippen molar-refractivity contribution in [3.05, 3.63) is 60.7 Å². The molecule has 0 aliphatic heterocycles. The summed E-state index contributed by atoms with van der Waals surface area (Å²) in [5.74, 6) is 5.75. The van der Waals surface area contributed by atoms with Gasteiger partial charge in [0.05, 0.1) is 11.5 Å². The van der Waals surface area contributed by atoms with Crippen molar-refractivity contribution in [2.45, 2.75) is 13.5 Å². The van der Waals surface area contributed by atoms with Crippen LogP contribution in [-0.2, 0) is 6.54 Å². The largest absolute Gasteiger partial charge is 0.318 e. The molecule has 8 nitrogen and oxygen atoms in total. The average molecular weight is 354 g/mol. The SMILES string of the molecule is Cc1ncc(Br)c(=O)n1Cc1ccc(NN)c([N+](=O)[O-])c1. The molecule has 0 saturated carbocycles. The van der Waals surface area contributed by atoms with Gasteiger partial charge in [0.15, 0.2) is 0 Å². The molecule has 2 aromatic rings. The first-order valence-electron chi connectivity index (χ1n) is 5.90. The summed E-state index contributed by atoms with van der Waals surface area (Å²) in [6.07, 6.45) is 1.43. The summed E-state index contributed by atoms with van der Waals surface area (Å²) in [7, 11) is 0. The molecule has 1 aromatic heterocycles. The van der Waals surface area contributed by atoms with Crippen LogP contribution in [0.5, 0.6) is 0 Å². The second kappa shape index (κ2) is 6.02. The van der Waals surface area contributed by atoms with E-state index in [4.69, 9.17) is 5.84 Å². The van der Waals surface area contributed by atoms with Gasteiger partial charge in [-0.25, -0.2) is 4.98 Å². The van der Waals surface area contributed by atoms with Crippen LogP contribution in [0.1, 0.15) is 11.4 Å². The van der Waals surface area contributed by atoms with Crippen molar-refractivity contribution in [2.24, 2.45) is 5.84 Å². The molecule has 0 aliphatic carbocycles. The van der Waals surface area contributed by atoms with E-state index in [2.05, 4.69) is 26.3 Å². The number of nitro benzene ring substituents is 1. The van der Waals surface area contributed by atoms with Crippen LogP contribution in [0.15, 0.2) is 33.7 Å². The number of hydrogen-bond acceptors (Lipinski definition) is 6. The van der Waals surface area contributed by atoms with Crippen molar-refractivity contribution in [3.63, 3.8) is 0 Å². The van der Waals surface area contributed by atoms with E-state index in [1.807, 2.05) is 0 Å². The fourth-order valence-electron chi connectivity index (χ4n) is 1.87. The zero-order valence-corrected chi connectivity index (χ0v) is 12.6. The molecule has 0 unspecified atom stereocenters. The maximum Gasteiger partial charge on any atom is 0.293 e. The summed E-state index contributed by atoms with van der Waals surface area (Å²) in [6, 6.07) is 4.54. The minimum absolute atomic E-state index is 0.149. The maximum atomic E-state index is 12.0. The highest BCUT2D eigenvalue weighted by Crippen LogP contribution is 2.24. The van der Waals surface area contributed by atoms with E-state index in [0.29, 0.717) is 15.9 Å². The van der Waals surface area contributed by atoms with E-state index in [1.54, 1.807) is 13.0 Å². The van der Waals surface area contributed by atoms with Crippen LogP contribution in [0.2, 0.25) is 0 Å². The van der Waals surface area contributed by atoms with Crippen molar-refractivity contribution in [2.75, 3.05) is 5.43 Å². The quantitative estimate of drug-likeness (QED) is 0.489. The molecular weight excluding hydrogens is 342 g/mol. The lowest BCUT2D eigenvalue weighted by Gasteiger charge is -2.10. The number of hydrazine groups is 1. The Labute approximate surface area is 127 Å². The molecule has 0 atom stereocenters. The van der Waals surface area contributed by atoms with E-state index in [1.165, 1.54) is 22.9 Å². The van der Waals surface area contributed by atoms with Gasteiger partial charge >= 0.3 is 0 Å². The van der Waals surface area contributed by atoms with Crippen molar-refractivity contribution < 1.29 is 4.92 Å². The Kier molecular flexibility index (Phi) is 4.34. The van der Waals surface area contributed by atoms with E-state index >= 15 is 0 Å². The predicted molar refractivity (Wildman–Crippen MR) is 80.9 cm³/mol. The number of nitro groups is 1. The first-order chi connectivity index (χ1) is 9.93. The van der Waals surface area contributed by atoms with Gasteiger partial charge in [-0.3, -0.25) is 25.3 Å². The van der Waals surface area contributed by atoms with Crippen molar-refractivity contribution in [1.29, 1.82) is 0 Å². The molecule has 0 radical (unpaired) electrons. The molecule has 21 heavy (non-hydrogen) atoms. The van der Waals surface area contributed by atoms with E-state index in [-0.39, 0.29) is 23.5 Å². The number of nitrogens with zero attached hydrogens (tertiary/aromatic N) is 3. The van der Waals surface area contributed by atoms with Crippen LogP contribution in [-0.4, -0.2) is 14.5 Å². The first-order valence-corrected chi connectivity index (χ1v) is 6.69. The van der Waals surface area contributed by atoms with Crippen LogP contribution in [0.3, 0.4) is 0 Å². The van der Waals surface area contributed by atoms with Gasteiger partial charge in [-0.05, 0) is 34.5 Å². The number of nitrogens with two attached hydrogens (primary N) is 1. The van der Waals surface area contributed by atoms with Crippen molar-refractivity contribution >= 4 is 27.3 Å². The van der Waals surface area contributed by atoms with Gasteiger partial charge in [0, 0.05) is 12.3 Å². The molecule has 0 amide bonds. The second-order valence-electron chi connectivity index (χ2n) is 4.30. The van der Waals surface area contributed by atoms with Gasteiger partial charge in [0.1, 0.15) is 16.0 Å². The number of halogens is 1. The number of nitrogens with one attached hydrogen (secondary N) is 1. The average Bonchev–Trinajstić information content (AvgIpc) is 2.47. The van der Waals surface area contributed by atoms with Crippen LogP contribution in [0.25, 0.3) is 0 Å². The topological polar surface area (TPSA) is 116 Å². The number of aromatic nitrogens is 2. The van der Waals surface area contributed by atoms with Crippen LogP contribution in [0, 0.1) is 17.0 Å². The third-order valence-corrected chi connectivity index (χ3v) is 3.50. The molecule has 9 heteroatoms. The number of aryl methyl sites for hydroxylation is 1. The van der Waals surface area contributed by atoms with Gasteiger partial charge in [0.25, 0.3) is 11.2 Å². The Bertz CT molecular complexity index is 759. The zero-order chi connectivity index (χ0) is 15.6. The summed E-state index contributed by atoms with van der Waals surface area (Å²) in [6.45, 7) is 1.88. The Morgan fingerprint density at radius 2 is 2.24 bits per heavy atom. The fraction of sp³-hybridized carbons (Fsp3) is 0.167. The Morgan fingerprint density at radius 3 is 2.86 bits per heavy atom. The van der Waals surface area contributed by atoms with Gasteiger partial charge in [-0.15, -0.1) is 0 Å². The number of benzene rings is 1. The fourth-order valence-corrected chi connectivity index (χ4v) is 2.18. The minimum atomic E-state index is -0.534. The van der Waals surface area contributed by atoms with Crippen LogP contribution < -0.4 is 16.8 Å². The molecule has 1 aromatic carbocycles. The molecule has 3 N–H and O–H groups in total. The summed E-state index contributed by atoms with van der Waals surface area (Å²) in [5.41, 5.74) is 2.69. The van der Waals surface area contributed by atoms with Gasteiger partial charge < -0.3 is 5.43 Å². The number of nitrogen functional groups attached to an aromatic ring is 1. The molecule has 2 rings (SSSR count). The van der Waals surface area contributed by atoms with Crippen LogP contribution in [0.4, 0.5) is 11.4 Å². The highest BCUT2D eigenvalue weighted by Gasteiger charge is 2.15. The van der Waals surface area contributed by atoms with Gasteiger partial charge in [0.2, 0.25) is 0 Å². The first kappa shape index (κ1) is 15.1. The lowest BCUT2D eigenvalue weighted by atomic mass is 10.1. The summed E-state index contributed by atoms with van der Waals surface area (Å²) in [4.78, 5) is 26.6. The lowest BCUT2D eigenvalue weighted by Crippen LogP contribution is -2.24.